The summed E-state index contributed by atoms with van der Waals surface area (Å²) in [5.74, 6) is 0.971. The van der Waals surface area contributed by atoms with E-state index in [-0.39, 0.29) is 11.5 Å². The Bertz CT molecular complexity index is 922. The molecular weight excluding hydrogens is 399 g/mol. The molecule has 0 N–H and O–H groups in total. The zero-order valence-electron chi connectivity index (χ0n) is 12.9. The van der Waals surface area contributed by atoms with Crippen molar-refractivity contribution in [2.75, 3.05) is 5.75 Å². The number of thiophene rings is 1. The van der Waals surface area contributed by atoms with Gasteiger partial charge in [0.1, 0.15) is 4.34 Å². The lowest BCUT2D eigenvalue weighted by Gasteiger charge is -2.08. The Morgan fingerprint density at radius 3 is 2.84 bits per heavy atom. The molecule has 1 fully saturated rings. The van der Waals surface area contributed by atoms with Gasteiger partial charge in [-0.25, -0.2) is 0 Å². The fraction of sp³-hybridized carbons (Fsp3) is 0.250. The number of halogens is 2. The van der Waals surface area contributed by atoms with Crippen LogP contribution < -0.4 is 0 Å². The zero-order chi connectivity index (χ0) is 17.4. The van der Waals surface area contributed by atoms with Crippen molar-refractivity contribution < 1.29 is 4.79 Å². The molecule has 0 bridgehead atoms. The average molecular weight is 411 g/mol. The maximum Gasteiger partial charge on any atom is 0.192 e. The standard InChI is InChI=1S/C16H12Cl2N4OS2/c17-13-6-11(14(18)25-13)12(23)8-24-16-21-20-15(22(16)10-3-4-10)9-2-1-5-19-7-9/h1-2,5-7,10H,3-4,8H2. The highest BCUT2D eigenvalue weighted by atomic mass is 35.5. The lowest BCUT2D eigenvalue weighted by molar-refractivity contribution is 0.102. The molecule has 3 heterocycles. The van der Waals surface area contributed by atoms with E-state index in [1.165, 1.54) is 23.1 Å². The molecule has 1 saturated carbocycles. The predicted octanol–water partition coefficient (Wildman–Crippen LogP) is 5.02. The molecule has 0 radical (unpaired) electrons. The molecule has 0 amide bonds. The number of hydrogen-bond donors (Lipinski definition) is 0. The average Bonchev–Trinajstić information content (AvgIpc) is 3.27. The summed E-state index contributed by atoms with van der Waals surface area (Å²) in [7, 11) is 0. The highest BCUT2D eigenvalue weighted by Gasteiger charge is 2.30. The van der Waals surface area contributed by atoms with E-state index in [4.69, 9.17) is 23.2 Å². The molecule has 9 heteroatoms. The Kier molecular flexibility index (Phi) is 4.82. The van der Waals surface area contributed by atoms with Gasteiger partial charge in [0, 0.05) is 29.6 Å². The molecule has 0 atom stereocenters. The third kappa shape index (κ3) is 3.60. The van der Waals surface area contributed by atoms with Crippen LogP contribution in [0.2, 0.25) is 8.67 Å². The molecule has 3 aromatic heterocycles. The predicted molar refractivity (Wildman–Crippen MR) is 101 cm³/mol. The van der Waals surface area contributed by atoms with Gasteiger partial charge < -0.3 is 0 Å². The van der Waals surface area contributed by atoms with Crippen molar-refractivity contribution in [2.24, 2.45) is 0 Å². The van der Waals surface area contributed by atoms with Gasteiger partial charge in [-0.15, -0.1) is 21.5 Å². The van der Waals surface area contributed by atoms with E-state index in [1.807, 2.05) is 12.1 Å². The summed E-state index contributed by atoms with van der Waals surface area (Å²) in [4.78, 5) is 16.6. The Labute approximate surface area is 162 Å². The number of ketones is 1. The summed E-state index contributed by atoms with van der Waals surface area (Å²) in [5, 5.41) is 9.34. The first-order valence-electron chi connectivity index (χ1n) is 7.59. The van der Waals surface area contributed by atoms with E-state index in [0.29, 0.717) is 20.3 Å². The second-order valence-corrected chi connectivity index (χ2v) is 8.83. The number of carbonyl (C=O) groups is 1. The van der Waals surface area contributed by atoms with Crippen LogP contribution in [0.4, 0.5) is 0 Å². The molecule has 3 aromatic rings. The van der Waals surface area contributed by atoms with Crippen molar-refractivity contribution in [2.45, 2.75) is 24.0 Å². The highest BCUT2D eigenvalue weighted by Crippen LogP contribution is 2.41. The molecule has 0 spiro atoms. The maximum absolute atomic E-state index is 12.4. The van der Waals surface area contributed by atoms with Crippen LogP contribution in [0.25, 0.3) is 11.4 Å². The van der Waals surface area contributed by atoms with E-state index in [2.05, 4.69) is 19.7 Å². The molecular formula is C16H12Cl2N4OS2. The van der Waals surface area contributed by atoms with E-state index in [0.717, 1.165) is 29.4 Å². The Balaban J connectivity index is 1.56. The molecule has 1 aliphatic carbocycles. The topological polar surface area (TPSA) is 60.7 Å². The number of aromatic nitrogens is 4. The van der Waals surface area contributed by atoms with Gasteiger partial charge in [0.05, 0.1) is 10.1 Å². The first kappa shape index (κ1) is 17.0. The van der Waals surface area contributed by atoms with Crippen molar-refractivity contribution in [1.29, 1.82) is 0 Å². The summed E-state index contributed by atoms with van der Waals surface area (Å²) in [6, 6.07) is 5.84. The van der Waals surface area contributed by atoms with Gasteiger partial charge in [0.25, 0.3) is 0 Å². The highest BCUT2D eigenvalue weighted by molar-refractivity contribution is 7.99. The summed E-state index contributed by atoms with van der Waals surface area (Å²) < 4.78 is 3.05. The van der Waals surface area contributed by atoms with Crippen LogP contribution >= 0.6 is 46.3 Å². The molecule has 1 aliphatic rings. The zero-order valence-corrected chi connectivity index (χ0v) is 16.0. The van der Waals surface area contributed by atoms with Gasteiger partial charge in [-0.2, -0.15) is 0 Å². The fourth-order valence-corrected chi connectivity index (χ4v) is 4.86. The summed E-state index contributed by atoms with van der Waals surface area (Å²) in [6.07, 6.45) is 5.69. The number of rotatable bonds is 6. The number of Topliss-reactive ketones (excluding diaryl/α,β-unsaturated/α-hetero) is 1. The third-order valence-corrected chi connectivity index (χ3v) is 6.22. The van der Waals surface area contributed by atoms with Crippen molar-refractivity contribution in [3.8, 4) is 11.4 Å². The first-order chi connectivity index (χ1) is 12.1. The summed E-state index contributed by atoms with van der Waals surface area (Å²) in [5.41, 5.74) is 1.39. The first-order valence-corrected chi connectivity index (χ1v) is 10.2. The van der Waals surface area contributed by atoms with Gasteiger partial charge in [0.15, 0.2) is 16.8 Å². The number of nitrogens with zero attached hydrogens (tertiary/aromatic N) is 4. The van der Waals surface area contributed by atoms with Gasteiger partial charge in [-0.05, 0) is 31.0 Å². The third-order valence-electron chi connectivity index (χ3n) is 3.79. The van der Waals surface area contributed by atoms with Crippen LogP contribution in [-0.4, -0.2) is 31.3 Å². The maximum atomic E-state index is 12.4. The largest absolute Gasteiger partial charge is 0.299 e. The minimum absolute atomic E-state index is 0.0635. The smallest absolute Gasteiger partial charge is 0.192 e. The normalized spacial score (nSPS) is 14.0. The van der Waals surface area contributed by atoms with Crippen molar-refractivity contribution >= 4 is 52.1 Å². The van der Waals surface area contributed by atoms with Gasteiger partial charge >= 0.3 is 0 Å². The van der Waals surface area contributed by atoms with Crippen LogP contribution in [0.15, 0.2) is 35.7 Å². The Morgan fingerprint density at radius 2 is 2.20 bits per heavy atom. The SMILES string of the molecule is O=C(CSc1nnc(-c2cccnc2)n1C1CC1)c1cc(Cl)sc1Cl. The Hall–Kier alpha value is -1.41. The second-order valence-electron chi connectivity index (χ2n) is 5.60. The molecule has 128 valence electrons. The molecule has 0 aromatic carbocycles. The number of carbonyl (C=O) groups excluding carboxylic acids is 1. The van der Waals surface area contributed by atoms with E-state index in [9.17, 15) is 4.79 Å². The molecule has 0 saturated heterocycles. The Morgan fingerprint density at radius 1 is 1.36 bits per heavy atom. The van der Waals surface area contributed by atoms with Crippen LogP contribution in [0.5, 0.6) is 0 Å². The summed E-state index contributed by atoms with van der Waals surface area (Å²) >= 11 is 14.6. The van der Waals surface area contributed by atoms with Crippen LogP contribution in [0, 0.1) is 0 Å². The van der Waals surface area contributed by atoms with Gasteiger partial charge in [0.2, 0.25) is 0 Å². The molecule has 0 aliphatic heterocycles. The summed E-state index contributed by atoms with van der Waals surface area (Å²) in [6.45, 7) is 0. The number of hydrogen-bond acceptors (Lipinski definition) is 6. The van der Waals surface area contributed by atoms with E-state index in [1.54, 1.807) is 18.5 Å². The van der Waals surface area contributed by atoms with E-state index < -0.39 is 0 Å². The number of pyridine rings is 1. The van der Waals surface area contributed by atoms with Crippen molar-refractivity contribution in [3.05, 3.63) is 44.8 Å². The quantitative estimate of drug-likeness (QED) is 0.421. The van der Waals surface area contributed by atoms with Crippen LogP contribution in [0.1, 0.15) is 29.2 Å². The second kappa shape index (κ2) is 7.07. The monoisotopic (exact) mass is 410 g/mol. The minimum atomic E-state index is -0.0635. The van der Waals surface area contributed by atoms with Crippen LogP contribution in [-0.2, 0) is 0 Å². The fourth-order valence-electron chi connectivity index (χ4n) is 2.47. The van der Waals surface area contributed by atoms with Crippen molar-refractivity contribution in [3.63, 3.8) is 0 Å². The lowest BCUT2D eigenvalue weighted by atomic mass is 10.2. The van der Waals surface area contributed by atoms with Crippen molar-refractivity contribution in [1.82, 2.24) is 19.7 Å². The molecule has 0 unspecified atom stereocenters. The van der Waals surface area contributed by atoms with Gasteiger partial charge in [-0.1, -0.05) is 35.0 Å². The molecule has 25 heavy (non-hydrogen) atoms. The lowest BCUT2D eigenvalue weighted by Crippen LogP contribution is -2.04. The van der Waals surface area contributed by atoms with Gasteiger partial charge in [-0.3, -0.25) is 14.3 Å². The molecule has 4 rings (SSSR count). The van der Waals surface area contributed by atoms with Crippen LogP contribution in [0.3, 0.4) is 0 Å². The molecule has 5 nitrogen and oxygen atoms in total. The minimum Gasteiger partial charge on any atom is -0.299 e. The van der Waals surface area contributed by atoms with E-state index >= 15 is 0 Å². The number of thioether (sulfide) groups is 1.